The molecule has 17 heavy (non-hydrogen) atoms. The van der Waals surface area contributed by atoms with Gasteiger partial charge in [0, 0.05) is 6.61 Å². The van der Waals surface area contributed by atoms with E-state index in [9.17, 15) is 4.39 Å². The van der Waals surface area contributed by atoms with Crippen molar-refractivity contribution in [3.63, 3.8) is 0 Å². The zero-order chi connectivity index (χ0) is 12.6. The van der Waals surface area contributed by atoms with Crippen molar-refractivity contribution < 1.29 is 9.13 Å². The molecule has 2 rings (SSSR count). The average Bonchev–Trinajstić information content (AvgIpc) is 2.70. The third kappa shape index (κ3) is 2.35. The number of hydrogen-bond donors (Lipinski definition) is 1. The van der Waals surface area contributed by atoms with Crippen LogP contribution in [-0.2, 0) is 4.74 Å². The van der Waals surface area contributed by atoms with Crippen molar-refractivity contribution in [1.82, 2.24) is 0 Å². The third-order valence-electron chi connectivity index (χ3n) is 3.64. The second-order valence-electron chi connectivity index (χ2n) is 5.10. The Labute approximate surface area is 102 Å². The standard InChI is InChI=1S/C14H20FNO/c1-8-4-5-17-14(8)13(16)11-6-9(2)12(15)10(3)7-11/h6-8,13-14H,4-5,16H2,1-3H3. The predicted octanol–water partition coefficient (Wildman–Crippen LogP) is 2.87. The third-order valence-corrected chi connectivity index (χ3v) is 3.64. The molecule has 0 saturated carbocycles. The summed E-state index contributed by atoms with van der Waals surface area (Å²) in [7, 11) is 0. The fraction of sp³-hybridized carbons (Fsp3) is 0.571. The van der Waals surface area contributed by atoms with E-state index in [-0.39, 0.29) is 18.0 Å². The summed E-state index contributed by atoms with van der Waals surface area (Å²) < 4.78 is 19.2. The smallest absolute Gasteiger partial charge is 0.129 e. The Balaban J connectivity index is 2.27. The van der Waals surface area contributed by atoms with Crippen LogP contribution in [-0.4, -0.2) is 12.7 Å². The summed E-state index contributed by atoms with van der Waals surface area (Å²) in [6.07, 6.45) is 1.11. The van der Waals surface area contributed by atoms with Crippen LogP contribution in [0.3, 0.4) is 0 Å². The Morgan fingerprint density at radius 1 is 1.35 bits per heavy atom. The van der Waals surface area contributed by atoms with Gasteiger partial charge in [-0.2, -0.15) is 0 Å². The van der Waals surface area contributed by atoms with Gasteiger partial charge in [-0.15, -0.1) is 0 Å². The van der Waals surface area contributed by atoms with Crippen LogP contribution in [0.1, 0.15) is 36.1 Å². The van der Waals surface area contributed by atoms with E-state index in [4.69, 9.17) is 10.5 Å². The molecule has 0 aliphatic carbocycles. The number of benzene rings is 1. The molecule has 1 aliphatic heterocycles. The Bertz CT molecular complexity index is 396. The average molecular weight is 237 g/mol. The topological polar surface area (TPSA) is 35.2 Å². The van der Waals surface area contributed by atoms with E-state index in [1.54, 1.807) is 13.8 Å². The maximum absolute atomic E-state index is 13.6. The van der Waals surface area contributed by atoms with Crippen molar-refractivity contribution in [1.29, 1.82) is 0 Å². The summed E-state index contributed by atoms with van der Waals surface area (Å²) in [5.74, 6) is 0.331. The van der Waals surface area contributed by atoms with Gasteiger partial charge < -0.3 is 10.5 Å². The maximum Gasteiger partial charge on any atom is 0.129 e. The molecule has 0 amide bonds. The Kier molecular flexibility index (Phi) is 3.50. The predicted molar refractivity (Wildman–Crippen MR) is 66.3 cm³/mol. The van der Waals surface area contributed by atoms with Gasteiger partial charge in [-0.1, -0.05) is 19.1 Å². The summed E-state index contributed by atoms with van der Waals surface area (Å²) in [5, 5.41) is 0. The van der Waals surface area contributed by atoms with Crippen LogP contribution in [0.15, 0.2) is 12.1 Å². The van der Waals surface area contributed by atoms with Crippen LogP contribution >= 0.6 is 0 Å². The van der Waals surface area contributed by atoms with Gasteiger partial charge in [0.1, 0.15) is 5.82 Å². The van der Waals surface area contributed by atoms with Gasteiger partial charge in [-0.3, -0.25) is 0 Å². The molecular formula is C14H20FNO. The highest BCUT2D eigenvalue weighted by atomic mass is 19.1. The first kappa shape index (κ1) is 12.5. The first-order chi connectivity index (χ1) is 8.00. The number of nitrogens with two attached hydrogens (primary N) is 1. The summed E-state index contributed by atoms with van der Waals surface area (Å²) in [5.41, 5.74) is 8.51. The van der Waals surface area contributed by atoms with Crippen LogP contribution < -0.4 is 5.73 Å². The van der Waals surface area contributed by atoms with Crippen molar-refractivity contribution >= 4 is 0 Å². The highest BCUT2D eigenvalue weighted by Crippen LogP contribution is 2.31. The molecule has 1 aromatic carbocycles. The fourth-order valence-electron chi connectivity index (χ4n) is 2.54. The lowest BCUT2D eigenvalue weighted by atomic mass is 9.91. The second kappa shape index (κ2) is 4.75. The zero-order valence-electron chi connectivity index (χ0n) is 10.7. The minimum atomic E-state index is -0.162. The highest BCUT2D eigenvalue weighted by Gasteiger charge is 2.31. The molecule has 3 heteroatoms. The van der Waals surface area contributed by atoms with E-state index in [0.717, 1.165) is 18.6 Å². The van der Waals surface area contributed by atoms with E-state index < -0.39 is 0 Å². The molecule has 3 unspecified atom stereocenters. The Morgan fingerprint density at radius 3 is 2.41 bits per heavy atom. The van der Waals surface area contributed by atoms with E-state index in [0.29, 0.717) is 17.0 Å². The molecule has 1 fully saturated rings. The molecule has 0 aromatic heterocycles. The molecule has 0 bridgehead atoms. The first-order valence-corrected chi connectivity index (χ1v) is 6.14. The monoisotopic (exact) mass is 237 g/mol. The summed E-state index contributed by atoms with van der Waals surface area (Å²) in [6.45, 7) is 6.48. The molecule has 1 aromatic rings. The van der Waals surface area contributed by atoms with E-state index in [2.05, 4.69) is 6.92 Å². The Morgan fingerprint density at radius 2 is 1.94 bits per heavy atom. The summed E-state index contributed by atoms with van der Waals surface area (Å²) in [6, 6.07) is 3.51. The highest BCUT2D eigenvalue weighted by molar-refractivity contribution is 5.32. The molecule has 1 aliphatic rings. The van der Waals surface area contributed by atoms with E-state index >= 15 is 0 Å². The van der Waals surface area contributed by atoms with Crippen LogP contribution in [0.5, 0.6) is 0 Å². The van der Waals surface area contributed by atoms with Crippen LogP contribution in [0.4, 0.5) is 4.39 Å². The molecule has 3 atom stereocenters. The van der Waals surface area contributed by atoms with Crippen molar-refractivity contribution in [2.24, 2.45) is 11.7 Å². The molecule has 2 nitrogen and oxygen atoms in total. The fourth-order valence-corrected chi connectivity index (χ4v) is 2.54. The van der Waals surface area contributed by atoms with Gasteiger partial charge in [0.25, 0.3) is 0 Å². The van der Waals surface area contributed by atoms with Crippen molar-refractivity contribution in [3.05, 3.63) is 34.6 Å². The van der Waals surface area contributed by atoms with Gasteiger partial charge in [0.05, 0.1) is 12.1 Å². The maximum atomic E-state index is 13.6. The van der Waals surface area contributed by atoms with Gasteiger partial charge in [0.2, 0.25) is 0 Å². The number of halogens is 1. The largest absolute Gasteiger partial charge is 0.376 e. The minimum absolute atomic E-state index is 0.0549. The van der Waals surface area contributed by atoms with Crippen LogP contribution in [0.2, 0.25) is 0 Å². The summed E-state index contributed by atoms with van der Waals surface area (Å²) >= 11 is 0. The van der Waals surface area contributed by atoms with Crippen LogP contribution in [0, 0.1) is 25.6 Å². The lowest BCUT2D eigenvalue weighted by molar-refractivity contribution is 0.0724. The molecule has 94 valence electrons. The van der Waals surface area contributed by atoms with Crippen molar-refractivity contribution in [2.45, 2.75) is 39.3 Å². The number of hydrogen-bond acceptors (Lipinski definition) is 2. The molecule has 0 spiro atoms. The lowest BCUT2D eigenvalue weighted by Gasteiger charge is -2.23. The normalized spacial score (nSPS) is 26.2. The second-order valence-corrected chi connectivity index (χ2v) is 5.10. The van der Waals surface area contributed by atoms with Gasteiger partial charge >= 0.3 is 0 Å². The molecular weight excluding hydrogens is 217 g/mol. The first-order valence-electron chi connectivity index (χ1n) is 6.14. The van der Waals surface area contributed by atoms with E-state index in [1.807, 2.05) is 12.1 Å². The molecule has 1 heterocycles. The number of aryl methyl sites for hydroxylation is 2. The van der Waals surface area contributed by atoms with Crippen LogP contribution in [0.25, 0.3) is 0 Å². The lowest BCUT2D eigenvalue weighted by Crippen LogP contribution is -2.30. The van der Waals surface area contributed by atoms with Crippen molar-refractivity contribution in [3.8, 4) is 0 Å². The quantitative estimate of drug-likeness (QED) is 0.858. The molecule has 0 radical (unpaired) electrons. The van der Waals surface area contributed by atoms with Gasteiger partial charge in [-0.25, -0.2) is 4.39 Å². The number of rotatable bonds is 2. The number of ether oxygens (including phenoxy) is 1. The van der Waals surface area contributed by atoms with Gasteiger partial charge in [-0.05, 0) is 42.9 Å². The Hall–Kier alpha value is -0.930. The molecule has 1 saturated heterocycles. The van der Waals surface area contributed by atoms with Crippen molar-refractivity contribution in [2.75, 3.05) is 6.61 Å². The minimum Gasteiger partial charge on any atom is -0.376 e. The SMILES string of the molecule is Cc1cc(C(N)C2OCCC2C)cc(C)c1F. The zero-order valence-corrected chi connectivity index (χ0v) is 10.7. The summed E-state index contributed by atoms with van der Waals surface area (Å²) in [4.78, 5) is 0. The molecule has 2 N–H and O–H groups in total. The van der Waals surface area contributed by atoms with Gasteiger partial charge in [0.15, 0.2) is 0 Å². The van der Waals surface area contributed by atoms with E-state index in [1.165, 1.54) is 0 Å².